The summed E-state index contributed by atoms with van der Waals surface area (Å²) in [4.78, 5) is 31.1. The quantitative estimate of drug-likeness (QED) is 0.482. The number of hydrogen-bond donors (Lipinski definition) is 2. The molecule has 3 heterocycles. The number of thioether (sulfide) groups is 1. The number of carbonyl (C=O) groups is 1. The smallest absolute Gasteiger partial charge is 0.252 e. The lowest BCUT2D eigenvalue weighted by Gasteiger charge is -2.05. The van der Waals surface area contributed by atoms with E-state index in [9.17, 15) is 9.59 Å². The predicted octanol–water partition coefficient (Wildman–Crippen LogP) is 2.71. The third-order valence-corrected chi connectivity index (χ3v) is 5.71. The van der Waals surface area contributed by atoms with Crippen molar-refractivity contribution in [3.05, 3.63) is 46.4 Å². The zero-order valence-corrected chi connectivity index (χ0v) is 16.1. The maximum absolute atomic E-state index is 12.3. The molecule has 4 rings (SSSR count). The van der Waals surface area contributed by atoms with Gasteiger partial charge in [-0.3, -0.25) is 19.0 Å². The van der Waals surface area contributed by atoms with Crippen LogP contribution in [0.5, 0.6) is 0 Å². The van der Waals surface area contributed by atoms with Crippen molar-refractivity contribution in [1.29, 1.82) is 0 Å². The lowest BCUT2D eigenvalue weighted by molar-refractivity contribution is -0.113. The number of para-hydroxylation sites is 1. The van der Waals surface area contributed by atoms with Gasteiger partial charge < -0.3 is 5.32 Å². The zero-order chi connectivity index (χ0) is 18.8. The van der Waals surface area contributed by atoms with Gasteiger partial charge in [0.25, 0.3) is 5.56 Å². The van der Waals surface area contributed by atoms with Crippen LogP contribution in [0.4, 0.5) is 5.13 Å². The third kappa shape index (κ3) is 3.71. The van der Waals surface area contributed by atoms with Gasteiger partial charge >= 0.3 is 0 Å². The molecule has 0 fully saturated rings. The van der Waals surface area contributed by atoms with Crippen LogP contribution < -0.4 is 10.9 Å². The monoisotopic (exact) mass is 400 g/mol. The molecule has 0 aliphatic carbocycles. The maximum Gasteiger partial charge on any atom is 0.252 e. The zero-order valence-electron chi connectivity index (χ0n) is 14.4. The van der Waals surface area contributed by atoms with E-state index in [4.69, 9.17) is 0 Å². The summed E-state index contributed by atoms with van der Waals surface area (Å²) in [6, 6.07) is 9.28. The summed E-state index contributed by atoms with van der Waals surface area (Å²) in [5.74, 6) is 0.388. The molecule has 0 radical (unpaired) electrons. The minimum absolute atomic E-state index is 0.168. The minimum atomic E-state index is -0.205. The number of amides is 1. The van der Waals surface area contributed by atoms with Gasteiger partial charge in [0.1, 0.15) is 0 Å². The van der Waals surface area contributed by atoms with Crippen LogP contribution in [0.15, 0.2) is 40.3 Å². The number of aromatic nitrogens is 5. The van der Waals surface area contributed by atoms with Crippen molar-refractivity contribution >= 4 is 50.1 Å². The molecule has 0 spiro atoms. The van der Waals surface area contributed by atoms with E-state index in [0.29, 0.717) is 16.1 Å². The molecule has 10 heteroatoms. The fourth-order valence-electron chi connectivity index (χ4n) is 2.72. The number of carbonyl (C=O) groups excluding carboxylic acids is 1. The minimum Gasteiger partial charge on any atom is -0.301 e. The average Bonchev–Trinajstić information content (AvgIpc) is 3.23. The number of fused-ring (bicyclic) bond motifs is 2. The summed E-state index contributed by atoms with van der Waals surface area (Å²) in [5.41, 5.74) is 1.49. The summed E-state index contributed by atoms with van der Waals surface area (Å²) in [6.45, 7) is 2.04. The molecule has 2 N–H and O–H groups in total. The number of anilines is 1. The van der Waals surface area contributed by atoms with E-state index < -0.39 is 0 Å². The Balaban J connectivity index is 1.49. The first-order valence-electron chi connectivity index (χ1n) is 8.39. The van der Waals surface area contributed by atoms with E-state index in [1.54, 1.807) is 10.5 Å². The van der Waals surface area contributed by atoms with Gasteiger partial charge in [0.15, 0.2) is 10.3 Å². The number of nitrogens with zero attached hydrogens (tertiary/aromatic N) is 4. The molecule has 0 aliphatic rings. The number of rotatable bonds is 6. The first-order chi connectivity index (χ1) is 13.1. The summed E-state index contributed by atoms with van der Waals surface area (Å²) < 4.78 is 2.82. The van der Waals surface area contributed by atoms with Crippen molar-refractivity contribution in [1.82, 2.24) is 24.6 Å². The Labute approximate surface area is 162 Å². The standard InChI is InChI=1S/C17H16N6O2S2/c1-2-5-10-8-13(24)19-15-21-22-17(23(10)15)26-9-14(25)20-16-18-11-6-3-4-7-12(11)27-16/h3-4,6-8H,2,5,9H2,1H3,(H,18,20,25)(H,19,21,24). The predicted molar refractivity (Wildman–Crippen MR) is 107 cm³/mol. The van der Waals surface area contributed by atoms with Crippen molar-refractivity contribution in [2.75, 3.05) is 11.1 Å². The van der Waals surface area contributed by atoms with Gasteiger partial charge in [-0.05, 0) is 18.6 Å². The van der Waals surface area contributed by atoms with Crippen molar-refractivity contribution in [3.8, 4) is 0 Å². The van der Waals surface area contributed by atoms with Gasteiger partial charge in [-0.25, -0.2) is 4.98 Å². The highest BCUT2D eigenvalue weighted by Gasteiger charge is 2.14. The van der Waals surface area contributed by atoms with E-state index in [1.807, 2.05) is 31.2 Å². The number of H-pyrrole nitrogens is 1. The van der Waals surface area contributed by atoms with Crippen LogP contribution in [-0.4, -0.2) is 36.2 Å². The highest BCUT2D eigenvalue weighted by atomic mass is 32.2. The summed E-state index contributed by atoms with van der Waals surface area (Å²) in [5, 5.41) is 12.1. The highest BCUT2D eigenvalue weighted by molar-refractivity contribution is 7.99. The number of aromatic amines is 1. The Morgan fingerprint density at radius 3 is 3.00 bits per heavy atom. The molecule has 0 unspecified atom stereocenters. The van der Waals surface area contributed by atoms with Crippen molar-refractivity contribution in [3.63, 3.8) is 0 Å². The van der Waals surface area contributed by atoms with Crippen LogP contribution in [0.1, 0.15) is 19.0 Å². The molecule has 4 aromatic rings. The van der Waals surface area contributed by atoms with Gasteiger partial charge in [-0.2, -0.15) is 0 Å². The van der Waals surface area contributed by atoms with Crippen molar-refractivity contribution < 1.29 is 4.79 Å². The Morgan fingerprint density at radius 1 is 1.33 bits per heavy atom. The topological polar surface area (TPSA) is 105 Å². The number of benzene rings is 1. The molecule has 3 aromatic heterocycles. The summed E-state index contributed by atoms with van der Waals surface area (Å²) in [7, 11) is 0. The molecule has 0 bridgehead atoms. The number of hydrogen-bond acceptors (Lipinski definition) is 7. The largest absolute Gasteiger partial charge is 0.301 e. The van der Waals surface area contributed by atoms with Crippen LogP contribution in [0.2, 0.25) is 0 Å². The van der Waals surface area contributed by atoms with Gasteiger partial charge in [0, 0.05) is 11.8 Å². The molecule has 138 valence electrons. The fraction of sp³-hybridized carbons (Fsp3) is 0.235. The Morgan fingerprint density at radius 2 is 2.19 bits per heavy atom. The molecule has 1 amide bonds. The van der Waals surface area contributed by atoms with Crippen molar-refractivity contribution in [2.45, 2.75) is 24.9 Å². The molecule has 0 atom stereocenters. The molecule has 27 heavy (non-hydrogen) atoms. The Hall–Kier alpha value is -2.72. The van der Waals surface area contributed by atoms with Crippen LogP contribution in [-0.2, 0) is 11.2 Å². The van der Waals surface area contributed by atoms with Crippen LogP contribution in [0, 0.1) is 0 Å². The normalized spacial score (nSPS) is 11.3. The van der Waals surface area contributed by atoms with E-state index in [2.05, 4.69) is 25.5 Å². The number of thiazole rings is 1. The van der Waals surface area contributed by atoms with Gasteiger partial charge in [0.2, 0.25) is 11.7 Å². The van der Waals surface area contributed by atoms with Crippen molar-refractivity contribution in [2.24, 2.45) is 0 Å². The second-order valence-electron chi connectivity index (χ2n) is 5.84. The molecule has 1 aromatic carbocycles. The van der Waals surface area contributed by atoms with Crippen LogP contribution in [0.3, 0.4) is 0 Å². The first-order valence-corrected chi connectivity index (χ1v) is 10.2. The first kappa shape index (κ1) is 17.7. The van der Waals surface area contributed by atoms with E-state index in [1.165, 1.54) is 23.1 Å². The second kappa shape index (κ2) is 7.49. The third-order valence-electron chi connectivity index (χ3n) is 3.83. The summed E-state index contributed by atoms with van der Waals surface area (Å²) >= 11 is 2.71. The lowest BCUT2D eigenvalue weighted by Crippen LogP contribution is -2.15. The SMILES string of the molecule is CCCc1cc(=O)[nH]c2nnc(SCC(=O)Nc3nc4ccccc4s3)n12. The highest BCUT2D eigenvalue weighted by Crippen LogP contribution is 2.26. The Kier molecular flexibility index (Phi) is 4.90. The van der Waals surface area contributed by atoms with E-state index in [-0.39, 0.29) is 17.2 Å². The average molecular weight is 400 g/mol. The molecule has 0 saturated heterocycles. The van der Waals surface area contributed by atoms with Gasteiger partial charge in [0.05, 0.1) is 16.0 Å². The summed E-state index contributed by atoms with van der Waals surface area (Å²) in [6.07, 6.45) is 1.61. The molecule has 8 nitrogen and oxygen atoms in total. The van der Waals surface area contributed by atoms with Gasteiger partial charge in [-0.1, -0.05) is 48.6 Å². The van der Waals surface area contributed by atoms with Crippen LogP contribution in [0.25, 0.3) is 16.0 Å². The molecule has 0 saturated carbocycles. The van der Waals surface area contributed by atoms with Crippen LogP contribution >= 0.6 is 23.1 Å². The van der Waals surface area contributed by atoms with Gasteiger partial charge in [-0.15, -0.1) is 10.2 Å². The Bertz CT molecular complexity index is 1150. The number of nitrogens with one attached hydrogen (secondary N) is 2. The molecule has 0 aliphatic heterocycles. The molecular weight excluding hydrogens is 384 g/mol. The maximum atomic E-state index is 12.3. The lowest BCUT2D eigenvalue weighted by atomic mass is 10.2. The number of aryl methyl sites for hydroxylation is 1. The van der Waals surface area contributed by atoms with E-state index >= 15 is 0 Å². The fourth-order valence-corrected chi connectivity index (χ4v) is 4.36. The second-order valence-corrected chi connectivity index (χ2v) is 7.81. The van der Waals surface area contributed by atoms with E-state index in [0.717, 1.165) is 28.8 Å². The molecular formula is C17H16N6O2S2.